The van der Waals surface area contributed by atoms with Crippen LogP contribution in [0.1, 0.15) is 0 Å². The smallest absolute Gasteiger partial charge is 0.265 e. The summed E-state index contributed by atoms with van der Waals surface area (Å²) in [6.07, 6.45) is 2.80. The molecule has 0 saturated carbocycles. The molecule has 0 bridgehead atoms. The first-order chi connectivity index (χ1) is 14.2. The molecule has 0 spiro atoms. The van der Waals surface area contributed by atoms with E-state index in [1.807, 2.05) is 0 Å². The fraction of sp³-hybridized carbons (Fsp3) is 0.111. The van der Waals surface area contributed by atoms with Crippen molar-refractivity contribution in [3.05, 3.63) is 60.9 Å². The third-order valence-corrected chi connectivity index (χ3v) is 6.62. The van der Waals surface area contributed by atoms with Crippen molar-refractivity contribution in [3.8, 4) is 11.5 Å². The Kier molecular flexibility index (Phi) is 6.08. The molecule has 30 heavy (non-hydrogen) atoms. The van der Waals surface area contributed by atoms with Gasteiger partial charge in [0.25, 0.3) is 20.0 Å². The molecule has 0 fully saturated rings. The maximum atomic E-state index is 12.8. The van der Waals surface area contributed by atoms with Gasteiger partial charge in [0.05, 0.1) is 19.1 Å². The topological polar surface area (TPSA) is 137 Å². The van der Waals surface area contributed by atoms with Gasteiger partial charge >= 0.3 is 0 Å². The zero-order valence-electron chi connectivity index (χ0n) is 15.9. The second-order valence-corrected chi connectivity index (χ2v) is 9.16. The average molecular weight is 450 g/mol. The average Bonchev–Trinajstić information content (AvgIpc) is 2.73. The number of nitrogens with zero attached hydrogens (tertiary/aromatic N) is 2. The van der Waals surface area contributed by atoms with Crippen molar-refractivity contribution >= 4 is 31.7 Å². The molecule has 0 atom stereocenters. The van der Waals surface area contributed by atoms with Gasteiger partial charge < -0.3 is 9.47 Å². The van der Waals surface area contributed by atoms with Crippen molar-refractivity contribution in [2.75, 3.05) is 23.7 Å². The van der Waals surface area contributed by atoms with Gasteiger partial charge in [-0.15, -0.1) is 0 Å². The lowest BCUT2D eigenvalue weighted by atomic mass is 10.3. The quantitative estimate of drug-likeness (QED) is 0.532. The number of rotatable bonds is 8. The van der Waals surface area contributed by atoms with Crippen LogP contribution in [0.25, 0.3) is 0 Å². The Morgan fingerprint density at radius 3 is 2.07 bits per heavy atom. The van der Waals surface area contributed by atoms with E-state index in [1.54, 1.807) is 12.1 Å². The molecule has 1 aromatic heterocycles. The van der Waals surface area contributed by atoms with Crippen molar-refractivity contribution in [2.45, 2.75) is 9.79 Å². The molecule has 0 aliphatic heterocycles. The largest absolute Gasteiger partial charge is 0.497 e. The molecule has 158 valence electrons. The summed E-state index contributed by atoms with van der Waals surface area (Å²) in [6.45, 7) is 0. The van der Waals surface area contributed by atoms with E-state index in [1.165, 1.54) is 63.0 Å². The summed E-state index contributed by atoms with van der Waals surface area (Å²) >= 11 is 0. The lowest BCUT2D eigenvalue weighted by Gasteiger charge is -2.13. The van der Waals surface area contributed by atoms with Crippen LogP contribution in [0.15, 0.2) is 70.7 Å². The van der Waals surface area contributed by atoms with Gasteiger partial charge in [0.15, 0.2) is 0 Å². The van der Waals surface area contributed by atoms with Crippen LogP contribution in [0.4, 0.5) is 11.6 Å². The Morgan fingerprint density at radius 1 is 0.800 bits per heavy atom. The van der Waals surface area contributed by atoms with Crippen molar-refractivity contribution in [3.63, 3.8) is 0 Å². The number of anilines is 2. The summed E-state index contributed by atoms with van der Waals surface area (Å²) in [6, 6.07) is 11.1. The SMILES string of the molecule is COc1ccc(OC)c(S(=O)(=O)Nc2ccc(S(=O)(=O)Nc3ncccn3)cc2)c1. The van der Waals surface area contributed by atoms with Gasteiger partial charge in [0.2, 0.25) is 5.95 Å². The van der Waals surface area contributed by atoms with Gasteiger partial charge in [-0.2, -0.15) is 0 Å². The molecule has 0 radical (unpaired) electrons. The maximum Gasteiger partial charge on any atom is 0.265 e. The molecule has 2 N–H and O–H groups in total. The Morgan fingerprint density at radius 2 is 1.47 bits per heavy atom. The van der Waals surface area contributed by atoms with Crippen LogP contribution in [0.5, 0.6) is 11.5 Å². The second kappa shape index (κ2) is 8.55. The van der Waals surface area contributed by atoms with E-state index in [0.717, 1.165) is 0 Å². The minimum atomic E-state index is -4.03. The summed E-state index contributed by atoms with van der Waals surface area (Å²) in [7, 11) is -5.19. The van der Waals surface area contributed by atoms with Crippen molar-refractivity contribution in [1.82, 2.24) is 9.97 Å². The first-order valence-corrected chi connectivity index (χ1v) is 11.4. The predicted octanol–water partition coefficient (Wildman–Crippen LogP) is 2.10. The minimum Gasteiger partial charge on any atom is -0.497 e. The van der Waals surface area contributed by atoms with Crippen molar-refractivity contribution in [1.29, 1.82) is 0 Å². The molecule has 3 rings (SSSR count). The zero-order chi connectivity index (χ0) is 21.8. The first kappa shape index (κ1) is 21.3. The number of hydrogen-bond acceptors (Lipinski definition) is 8. The van der Waals surface area contributed by atoms with Crippen molar-refractivity contribution in [2.24, 2.45) is 0 Å². The van der Waals surface area contributed by atoms with Crippen LogP contribution >= 0.6 is 0 Å². The lowest BCUT2D eigenvalue weighted by molar-refractivity contribution is 0.392. The number of hydrogen-bond donors (Lipinski definition) is 2. The molecule has 0 aliphatic rings. The standard InChI is InChI=1S/C18H18N4O6S2/c1-27-14-6-9-16(28-2)17(12-14)30(25,26)21-13-4-7-15(8-5-13)29(23,24)22-18-19-10-3-11-20-18/h3-12,21H,1-2H3,(H,19,20,22). The highest BCUT2D eigenvalue weighted by atomic mass is 32.2. The summed E-state index contributed by atoms with van der Waals surface area (Å²) in [5.41, 5.74) is 0.162. The third kappa shape index (κ3) is 4.78. The number of ether oxygens (including phenoxy) is 2. The number of methoxy groups -OCH3 is 2. The zero-order valence-corrected chi connectivity index (χ0v) is 17.6. The number of nitrogens with one attached hydrogen (secondary N) is 2. The molecule has 0 amide bonds. The number of sulfonamides is 2. The van der Waals surface area contributed by atoms with Crippen LogP contribution in [-0.2, 0) is 20.0 Å². The van der Waals surface area contributed by atoms with E-state index in [2.05, 4.69) is 19.4 Å². The Balaban J connectivity index is 1.83. The monoisotopic (exact) mass is 450 g/mol. The third-order valence-electron chi connectivity index (χ3n) is 3.87. The highest BCUT2D eigenvalue weighted by Gasteiger charge is 2.21. The van der Waals surface area contributed by atoms with Crippen LogP contribution in [0, 0.1) is 0 Å². The summed E-state index contributed by atoms with van der Waals surface area (Å²) < 4.78 is 65.2. The van der Waals surface area contributed by atoms with Crippen LogP contribution in [0.2, 0.25) is 0 Å². The molecule has 10 nitrogen and oxygen atoms in total. The molecule has 12 heteroatoms. The number of benzene rings is 2. The van der Waals surface area contributed by atoms with Gasteiger partial charge in [0, 0.05) is 24.1 Å². The van der Waals surface area contributed by atoms with E-state index < -0.39 is 20.0 Å². The Labute approximate surface area is 174 Å². The highest BCUT2D eigenvalue weighted by Crippen LogP contribution is 2.30. The van der Waals surface area contributed by atoms with Gasteiger partial charge in [-0.3, -0.25) is 4.72 Å². The predicted molar refractivity (Wildman–Crippen MR) is 110 cm³/mol. The van der Waals surface area contributed by atoms with E-state index in [4.69, 9.17) is 9.47 Å². The van der Waals surface area contributed by atoms with Gasteiger partial charge in [-0.1, -0.05) is 0 Å². The molecule has 0 saturated heterocycles. The Hall–Kier alpha value is -3.38. The van der Waals surface area contributed by atoms with E-state index in [9.17, 15) is 16.8 Å². The molecular weight excluding hydrogens is 432 g/mol. The highest BCUT2D eigenvalue weighted by molar-refractivity contribution is 7.93. The maximum absolute atomic E-state index is 12.8. The Bertz CT molecular complexity index is 1230. The summed E-state index contributed by atoms with van der Waals surface area (Å²) in [5.74, 6) is 0.397. The molecule has 3 aromatic rings. The first-order valence-electron chi connectivity index (χ1n) is 8.40. The molecule has 0 unspecified atom stereocenters. The molecule has 2 aromatic carbocycles. The van der Waals surface area contributed by atoms with E-state index in [0.29, 0.717) is 5.75 Å². The molecule has 0 aliphatic carbocycles. The fourth-order valence-corrected chi connectivity index (χ4v) is 4.64. The van der Waals surface area contributed by atoms with Crippen LogP contribution in [-0.4, -0.2) is 41.0 Å². The summed E-state index contributed by atoms with van der Waals surface area (Å²) in [4.78, 5) is 7.40. The van der Waals surface area contributed by atoms with Gasteiger partial charge in [-0.25, -0.2) is 31.5 Å². The summed E-state index contributed by atoms with van der Waals surface area (Å²) in [5, 5.41) is 0. The van der Waals surface area contributed by atoms with E-state index in [-0.39, 0.29) is 27.2 Å². The van der Waals surface area contributed by atoms with Gasteiger partial charge in [-0.05, 0) is 42.5 Å². The van der Waals surface area contributed by atoms with Crippen molar-refractivity contribution < 1.29 is 26.3 Å². The normalized spacial score (nSPS) is 11.5. The lowest BCUT2D eigenvalue weighted by Crippen LogP contribution is -2.16. The second-order valence-electron chi connectivity index (χ2n) is 5.82. The van der Waals surface area contributed by atoms with Crippen LogP contribution in [0.3, 0.4) is 0 Å². The number of aromatic nitrogens is 2. The fourth-order valence-electron chi connectivity index (χ4n) is 2.44. The van der Waals surface area contributed by atoms with Crippen LogP contribution < -0.4 is 18.9 Å². The van der Waals surface area contributed by atoms with Gasteiger partial charge in [0.1, 0.15) is 16.4 Å². The molecule has 1 heterocycles. The molecular formula is C18H18N4O6S2. The van der Waals surface area contributed by atoms with E-state index >= 15 is 0 Å². The minimum absolute atomic E-state index is 0.0765.